The molecule has 0 fully saturated rings. The molecule has 1 unspecified atom stereocenters. The van der Waals surface area contributed by atoms with E-state index in [4.69, 9.17) is 0 Å². The number of halogens is 1. The van der Waals surface area contributed by atoms with Crippen molar-refractivity contribution in [2.75, 3.05) is 7.05 Å². The van der Waals surface area contributed by atoms with E-state index in [2.05, 4.69) is 42.8 Å². The Morgan fingerprint density at radius 2 is 2.16 bits per heavy atom. The molecule has 0 saturated carbocycles. The minimum Gasteiger partial charge on any atom is -0.352 e. The molecule has 0 saturated heterocycles. The molecule has 3 heterocycles. The third-order valence-electron chi connectivity index (χ3n) is 4.38. The largest absolute Gasteiger partial charge is 0.352 e. The Morgan fingerprint density at radius 1 is 1.36 bits per heavy atom. The van der Waals surface area contributed by atoms with Crippen LogP contribution in [0.5, 0.6) is 0 Å². The fourth-order valence-electron chi connectivity index (χ4n) is 2.78. The summed E-state index contributed by atoms with van der Waals surface area (Å²) < 4.78 is 3.98. The minimum absolute atomic E-state index is 0. The van der Waals surface area contributed by atoms with E-state index in [1.165, 1.54) is 0 Å². The zero-order chi connectivity index (χ0) is 17.1. The smallest absolute Gasteiger partial charge is 0.191 e. The van der Waals surface area contributed by atoms with Crippen LogP contribution in [-0.4, -0.2) is 48.6 Å². The van der Waals surface area contributed by atoms with Crippen LogP contribution in [0, 0.1) is 6.92 Å². The van der Waals surface area contributed by atoms with Gasteiger partial charge in [-0.15, -0.1) is 34.2 Å². The van der Waals surface area contributed by atoms with Crippen LogP contribution in [0.25, 0.3) is 0 Å². The summed E-state index contributed by atoms with van der Waals surface area (Å²) in [6.07, 6.45) is 2.83. The summed E-state index contributed by atoms with van der Waals surface area (Å²) in [4.78, 5) is 8.85. The van der Waals surface area contributed by atoms with Crippen LogP contribution in [0.1, 0.15) is 36.6 Å². The number of nitrogens with zero attached hydrogens (tertiary/aromatic N) is 7. The van der Waals surface area contributed by atoms with Gasteiger partial charge in [0.05, 0.1) is 13.1 Å². The van der Waals surface area contributed by atoms with Gasteiger partial charge in [0.25, 0.3) is 0 Å². The van der Waals surface area contributed by atoms with E-state index in [0.29, 0.717) is 6.54 Å². The van der Waals surface area contributed by atoms with Crippen molar-refractivity contribution in [1.82, 2.24) is 40.2 Å². The molecule has 1 aliphatic heterocycles. The number of guanidine groups is 1. The number of hydrogen-bond acceptors (Lipinski definition) is 5. The molecule has 10 heteroatoms. The van der Waals surface area contributed by atoms with Gasteiger partial charge in [-0.1, -0.05) is 6.92 Å². The summed E-state index contributed by atoms with van der Waals surface area (Å²) in [6, 6.07) is 0.288. The maximum atomic E-state index is 4.55. The molecule has 0 aliphatic carbocycles. The van der Waals surface area contributed by atoms with Crippen LogP contribution in [0.2, 0.25) is 0 Å². The molecule has 9 nitrogen and oxygen atoms in total. The molecule has 0 amide bonds. The standard InChI is InChI=1S/C15H25N9.HI/c1-5-12-19-13-7-6-11(9-24(13)22-12)18-15(16-3)17-8-14-21-20-10(2)23(14)4;/h11H,5-9H2,1-4H3,(H2,16,17,18);1H. The van der Waals surface area contributed by atoms with Gasteiger partial charge in [0.15, 0.2) is 17.6 Å². The molecule has 2 N–H and O–H groups in total. The minimum atomic E-state index is 0. The number of fused-ring (bicyclic) bond motifs is 1. The normalized spacial score (nSPS) is 17.0. The summed E-state index contributed by atoms with van der Waals surface area (Å²) in [5, 5.41) is 19.5. The highest BCUT2D eigenvalue weighted by atomic mass is 127. The molecule has 2 aromatic rings. The van der Waals surface area contributed by atoms with Gasteiger partial charge < -0.3 is 15.2 Å². The first-order valence-electron chi connectivity index (χ1n) is 8.35. The molecule has 138 valence electrons. The highest BCUT2D eigenvalue weighted by molar-refractivity contribution is 14.0. The number of nitrogens with one attached hydrogen (secondary N) is 2. The van der Waals surface area contributed by atoms with Crippen molar-refractivity contribution in [3.63, 3.8) is 0 Å². The van der Waals surface area contributed by atoms with Crippen LogP contribution in [-0.2, 0) is 33.0 Å². The molecular formula is C15H26IN9. The summed E-state index contributed by atoms with van der Waals surface area (Å²) >= 11 is 0. The van der Waals surface area contributed by atoms with E-state index in [0.717, 1.165) is 55.1 Å². The lowest BCUT2D eigenvalue weighted by atomic mass is 10.1. The Morgan fingerprint density at radius 3 is 2.80 bits per heavy atom. The van der Waals surface area contributed by atoms with Gasteiger partial charge in [-0.2, -0.15) is 5.10 Å². The Bertz CT molecular complexity index is 733. The molecule has 1 aliphatic rings. The predicted octanol–water partition coefficient (Wildman–Crippen LogP) is 0.575. The number of aromatic nitrogens is 6. The van der Waals surface area contributed by atoms with Gasteiger partial charge in [-0.25, -0.2) is 9.67 Å². The second-order valence-corrected chi connectivity index (χ2v) is 6.01. The molecule has 1 atom stereocenters. The van der Waals surface area contributed by atoms with Crippen molar-refractivity contribution >= 4 is 29.9 Å². The number of rotatable bonds is 4. The van der Waals surface area contributed by atoms with Crippen molar-refractivity contribution in [3.05, 3.63) is 23.3 Å². The summed E-state index contributed by atoms with van der Waals surface area (Å²) in [7, 11) is 3.73. The summed E-state index contributed by atoms with van der Waals surface area (Å²) in [5.74, 6) is 4.55. The van der Waals surface area contributed by atoms with Gasteiger partial charge in [0.1, 0.15) is 11.6 Å². The van der Waals surface area contributed by atoms with Gasteiger partial charge in [0, 0.05) is 33.0 Å². The Hall–Kier alpha value is -1.72. The summed E-state index contributed by atoms with van der Waals surface area (Å²) in [6.45, 7) is 5.41. The molecule has 0 radical (unpaired) electrons. The lowest BCUT2D eigenvalue weighted by Gasteiger charge is -2.25. The van der Waals surface area contributed by atoms with Gasteiger partial charge in [-0.3, -0.25) is 4.99 Å². The first-order chi connectivity index (χ1) is 11.6. The van der Waals surface area contributed by atoms with Crippen LogP contribution in [0.4, 0.5) is 0 Å². The highest BCUT2D eigenvalue weighted by Crippen LogP contribution is 2.13. The zero-order valence-corrected chi connectivity index (χ0v) is 17.5. The van der Waals surface area contributed by atoms with E-state index in [1.54, 1.807) is 7.05 Å². The maximum Gasteiger partial charge on any atom is 0.191 e. The predicted molar refractivity (Wildman–Crippen MR) is 106 cm³/mol. The highest BCUT2D eigenvalue weighted by Gasteiger charge is 2.22. The summed E-state index contributed by atoms with van der Waals surface area (Å²) in [5.41, 5.74) is 0. The van der Waals surface area contributed by atoms with Gasteiger partial charge >= 0.3 is 0 Å². The molecule has 0 spiro atoms. The molecular weight excluding hydrogens is 433 g/mol. The SMILES string of the molecule is CCc1nc2n(n1)CC(NC(=NC)NCc1nnc(C)n1C)CC2.I. The van der Waals surface area contributed by atoms with Gasteiger partial charge in [-0.05, 0) is 13.3 Å². The third-order valence-corrected chi connectivity index (χ3v) is 4.38. The first-order valence-corrected chi connectivity index (χ1v) is 8.35. The van der Waals surface area contributed by atoms with Crippen molar-refractivity contribution in [2.24, 2.45) is 12.0 Å². The van der Waals surface area contributed by atoms with Crippen LogP contribution in [0.15, 0.2) is 4.99 Å². The number of aliphatic imine (C=N–C) groups is 1. The molecule has 0 bridgehead atoms. The topological polar surface area (TPSA) is 97.8 Å². The Labute approximate surface area is 164 Å². The van der Waals surface area contributed by atoms with E-state index < -0.39 is 0 Å². The molecule has 0 aromatic carbocycles. The molecule has 2 aromatic heterocycles. The van der Waals surface area contributed by atoms with E-state index in [-0.39, 0.29) is 30.0 Å². The maximum absolute atomic E-state index is 4.55. The Balaban J connectivity index is 0.00000225. The fraction of sp³-hybridized carbons (Fsp3) is 0.667. The molecule has 3 rings (SSSR count). The van der Waals surface area contributed by atoms with Crippen molar-refractivity contribution < 1.29 is 0 Å². The lowest BCUT2D eigenvalue weighted by Crippen LogP contribution is -2.47. The van der Waals surface area contributed by atoms with Gasteiger partial charge in [0.2, 0.25) is 0 Å². The number of hydrogen-bond donors (Lipinski definition) is 2. The van der Waals surface area contributed by atoms with Crippen LogP contribution >= 0.6 is 24.0 Å². The van der Waals surface area contributed by atoms with E-state index >= 15 is 0 Å². The average molecular weight is 459 g/mol. The average Bonchev–Trinajstić information content (AvgIpc) is 3.15. The van der Waals surface area contributed by atoms with Crippen molar-refractivity contribution in [2.45, 2.75) is 52.2 Å². The second kappa shape index (κ2) is 8.59. The van der Waals surface area contributed by atoms with Crippen molar-refractivity contribution in [1.29, 1.82) is 0 Å². The first kappa shape index (κ1) is 19.6. The third kappa shape index (κ3) is 4.47. The van der Waals surface area contributed by atoms with E-state index in [9.17, 15) is 0 Å². The van der Waals surface area contributed by atoms with E-state index in [1.807, 2.05) is 23.2 Å². The fourth-order valence-corrected chi connectivity index (χ4v) is 2.78. The zero-order valence-electron chi connectivity index (χ0n) is 15.2. The van der Waals surface area contributed by atoms with Crippen LogP contribution in [0.3, 0.4) is 0 Å². The number of aryl methyl sites for hydroxylation is 3. The Kier molecular flexibility index (Phi) is 6.73. The second-order valence-electron chi connectivity index (χ2n) is 6.01. The van der Waals surface area contributed by atoms with Crippen LogP contribution < -0.4 is 10.6 Å². The van der Waals surface area contributed by atoms with Crippen molar-refractivity contribution in [3.8, 4) is 0 Å². The quantitative estimate of drug-likeness (QED) is 0.395. The molecule has 25 heavy (non-hydrogen) atoms. The monoisotopic (exact) mass is 459 g/mol. The lowest BCUT2D eigenvalue weighted by molar-refractivity contribution is 0.392.